The Kier molecular flexibility index (Phi) is 7.02. The molecule has 30 heavy (non-hydrogen) atoms. The molecule has 0 aromatic heterocycles. The molecule has 0 radical (unpaired) electrons. The number of carboxylic acid groups (broad SMARTS) is 1. The number of rotatable bonds is 7. The minimum Gasteiger partial charge on any atom is -0.480 e. The molecule has 8 nitrogen and oxygen atoms in total. The van der Waals surface area contributed by atoms with Crippen molar-refractivity contribution in [3.63, 3.8) is 0 Å². The fourth-order valence-corrected chi connectivity index (χ4v) is 2.85. The van der Waals surface area contributed by atoms with Crippen molar-refractivity contribution in [3.05, 3.63) is 106 Å². The van der Waals surface area contributed by atoms with E-state index in [0.29, 0.717) is 17.3 Å². The number of carbonyl (C=O) groups is 1. The third kappa shape index (κ3) is 5.85. The van der Waals surface area contributed by atoms with E-state index in [1.807, 2.05) is 60.7 Å². The molecule has 0 aliphatic carbocycles. The average molecular weight is 400 g/mol. The fourth-order valence-electron chi connectivity index (χ4n) is 2.85. The third-order valence-corrected chi connectivity index (χ3v) is 4.21. The van der Waals surface area contributed by atoms with Crippen molar-refractivity contribution < 1.29 is 9.90 Å². The van der Waals surface area contributed by atoms with Crippen LogP contribution in [-0.4, -0.2) is 23.6 Å². The molecule has 0 bridgehead atoms. The highest BCUT2D eigenvalue weighted by Crippen LogP contribution is 2.22. The number of anilines is 1. The molecule has 0 aliphatic rings. The summed E-state index contributed by atoms with van der Waals surface area (Å²) in [6.45, 7) is -0.386. The molecule has 150 valence electrons. The van der Waals surface area contributed by atoms with Crippen LogP contribution in [0.2, 0.25) is 0 Å². The van der Waals surface area contributed by atoms with Crippen molar-refractivity contribution in [1.29, 1.82) is 0 Å². The second kappa shape index (κ2) is 10.3. The molecule has 0 heterocycles. The first-order valence-corrected chi connectivity index (χ1v) is 9.20. The highest BCUT2D eigenvalue weighted by Gasteiger charge is 2.16. The Morgan fingerprint density at radius 3 is 2.00 bits per heavy atom. The Morgan fingerprint density at radius 2 is 1.50 bits per heavy atom. The van der Waals surface area contributed by atoms with Gasteiger partial charge in [0.2, 0.25) is 0 Å². The monoisotopic (exact) mass is 400 g/mol. The van der Waals surface area contributed by atoms with E-state index in [4.69, 9.17) is 10.6 Å². The Bertz CT molecular complexity index is 1010. The van der Waals surface area contributed by atoms with Crippen LogP contribution in [0, 0.1) is 0 Å². The number of carboxylic acids is 1. The molecule has 3 N–H and O–H groups in total. The number of hydrogen-bond donors (Lipinski definition) is 3. The molecule has 3 aromatic carbocycles. The van der Waals surface area contributed by atoms with Crippen LogP contribution in [0.3, 0.4) is 0 Å². The van der Waals surface area contributed by atoms with Gasteiger partial charge in [-0.15, -0.1) is 0 Å². The molecular formula is C22H20N6O2. The summed E-state index contributed by atoms with van der Waals surface area (Å²) in [5.74, 6) is -0.725. The van der Waals surface area contributed by atoms with Crippen LogP contribution in [0.25, 0.3) is 10.4 Å². The van der Waals surface area contributed by atoms with Crippen LogP contribution in [0.4, 0.5) is 11.4 Å². The molecule has 0 spiro atoms. The minimum atomic E-state index is -1.04. The van der Waals surface area contributed by atoms with Crippen LogP contribution in [0.1, 0.15) is 17.2 Å². The number of azide groups is 1. The van der Waals surface area contributed by atoms with E-state index in [1.54, 1.807) is 24.3 Å². The molecule has 0 saturated heterocycles. The number of nitrogens with zero attached hydrogens (tertiary/aromatic N) is 4. The summed E-state index contributed by atoms with van der Waals surface area (Å²) >= 11 is 0. The molecular weight excluding hydrogens is 380 g/mol. The molecule has 3 aromatic rings. The van der Waals surface area contributed by atoms with Gasteiger partial charge in [-0.2, -0.15) is 0 Å². The SMILES string of the molecule is [N-]=[N+]=Nc1ccc(NC(=NCC(=O)O)NC(c2ccccc2)c2ccccc2)cc1. The van der Waals surface area contributed by atoms with Gasteiger partial charge in [0.05, 0.1) is 6.04 Å². The lowest BCUT2D eigenvalue weighted by Gasteiger charge is -2.23. The summed E-state index contributed by atoms with van der Waals surface area (Å²) in [4.78, 5) is 18.0. The van der Waals surface area contributed by atoms with E-state index in [-0.39, 0.29) is 12.6 Å². The van der Waals surface area contributed by atoms with Gasteiger partial charge >= 0.3 is 5.97 Å². The fraction of sp³-hybridized carbons (Fsp3) is 0.0909. The van der Waals surface area contributed by atoms with Gasteiger partial charge in [-0.3, -0.25) is 4.79 Å². The number of aliphatic imine (C=N–C) groups is 1. The molecule has 0 amide bonds. The molecule has 0 saturated carbocycles. The van der Waals surface area contributed by atoms with Gasteiger partial charge in [0.25, 0.3) is 0 Å². The standard InChI is InChI=1S/C22H20N6O2/c23-28-27-19-13-11-18(12-14-19)25-22(24-15-20(29)30)26-21(16-7-3-1-4-8-16)17-9-5-2-6-10-17/h1-14,21H,15H2,(H,29,30)(H2,24,25,26). The quantitative estimate of drug-likeness (QED) is 0.172. The summed E-state index contributed by atoms with van der Waals surface area (Å²) in [7, 11) is 0. The number of aliphatic carboxylic acids is 1. The number of guanidine groups is 1. The van der Waals surface area contributed by atoms with Crippen molar-refractivity contribution >= 4 is 23.3 Å². The van der Waals surface area contributed by atoms with Crippen molar-refractivity contribution in [1.82, 2.24) is 5.32 Å². The van der Waals surface area contributed by atoms with Crippen LogP contribution in [0.5, 0.6) is 0 Å². The normalized spacial score (nSPS) is 10.9. The maximum atomic E-state index is 11.1. The van der Waals surface area contributed by atoms with E-state index in [0.717, 1.165) is 11.1 Å². The summed E-state index contributed by atoms with van der Waals surface area (Å²) in [5.41, 5.74) is 11.7. The van der Waals surface area contributed by atoms with Gasteiger partial charge in [-0.05, 0) is 28.8 Å². The third-order valence-electron chi connectivity index (χ3n) is 4.21. The first kappa shape index (κ1) is 20.4. The minimum absolute atomic E-state index is 0.241. The van der Waals surface area contributed by atoms with E-state index in [2.05, 4.69) is 25.7 Å². The predicted molar refractivity (Wildman–Crippen MR) is 117 cm³/mol. The summed E-state index contributed by atoms with van der Waals surface area (Å²) in [6, 6.07) is 26.2. The first-order valence-electron chi connectivity index (χ1n) is 9.20. The van der Waals surface area contributed by atoms with Crippen LogP contribution in [-0.2, 0) is 4.79 Å². The molecule has 0 aliphatic heterocycles. The van der Waals surface area contributed by atoms with E-state index >= 15 is 0 Å². The largest absolute Gasteiger partial charge is 0.480 e. The predicted octanol–water partition coefficient (Wildman–Crippen LogP) is 4.86. The molecule has 0 fully saturated rings. The second-order valence-corrected chi connectivity index (χ2v) is 6.32. The number of nitrogens with one attached hydrogen (secondary N) is 2. The van der Waals surface area contributed by atoms with Crippen LogP contribution in [0.15, 0.2) is 95.0 Å². The summed E-state index contributed by atoms with van der Waals surface area (Å²) < 4.78 is 0. The van der Waals surface area contributed by atoms with E-state index in [1.165, 1.54) is 0 Å². The Hall–Kier alpha value is -4.29. The van der Waals surface area contributed by atoms with Gasteiger partial charge in [0.1, 0.15) is 6.54 Å². The zero-order chi connectivity index (χ0) is 21.2. The molecule has 8 heteroatoms. The topological polar surface area (TPSA) is 122 Å². The Balaban J connectivity index is 1.90. The average Bonchev–Trinajstić information content (AvgIpc) is 2.78. The zero-order valence-corrected chi connectivity index (χ0v) is 16.0. The van der Waals surface area contributed by atoms with Crippen molar-refractivity contribution in [3.8, 4) is 0 Å². The van der Waals surface area contributed by atoms with Gasteiger partial charge in [0.15, 0.2) is 5.96 Å². The van der Waals surface area contributed by atoms with E-state index < -0.39 is 5.97 Å². The van der Waals surface area contributed by atoms with Crippen LogP contribution < -0.4 is 10.6 Å². The lowest BCUT2D eigenvalue weighted by atomic mass is 9.99. The van der Waals surface area contributed by atoms with E-state index in [9.17, 15) is 4.79 Å². The summed E-state index contributed by atoms with van der Waals surface area (Å²) in [6.07, 6.45) is 0. The number of hydrogen-bond acceptors (Lipinski definition) is 3. The Labute approximate surface area is 173 Å². The van der Waals surface area contributed by atoms with Crippen molar-refractivity contribution in [2.75, 3.05) is 11.9 Å². The zero-order valence-electron chi connectivity index (χ0n) is 16.0. The van der Waals surface area contributed by atoms with Crippen molar-refractivity contribution in [2.24, 2.45) is 10.1 Å². The smallest absolute Gasteiger partial charge is 0.325 e. The van der Waals surface area contributed by atoms with Gasteiger partial charge in [-0.25, -0.2) is 4.99 Å². The maximum absolute atomic E-state index is 11.1. The molecule has 3 rings (SSSR count). The number of benzene rings is 3. The highest BCUT2D eigenvalue weighted by atomic mass is 16.4. The van der Waals surface area contributed by atoms with Gasteiger partial charge in [0, 0.05) is 16.3 Å². The Morgan fingerprint density at radius 1 is 0.933 bits per heavy atom. The molecule has 0 atom stereocenters. The second-order valence-electron chi connectivity index (χ2n) is 6.32. The van der Waals surface area contributed by atoms with Gasteiger partial charge < -0.3 is 15.7 Å². The summed E-state index contributed by atoms with van der Waals surface area (Å²) in [5, 5.41) is 19.1. The highest BCUT2D eigenvalue weighted by molar-refractivity contribution is 5.95. The molecule has 0 unspecified atom stereocenters. The van der Waals surface area contributed by atoms with Gasteiger partial charge in [-0.1, -0.05) is 77.9 Å². The first-order chi connectivity index (χ1) is 14.7. The lowest BCUT2D eigenvalue weighted by Crippen LogP contribution is -2.35. The lowest BCUT2D eigenvalue weighted by molar-refractivity contribution is -0.135. The van der Waals surface area contributed by atoms with Crippen LogP contribution >= 0.6 is 0 Å². The maximum Gasteiger partial charge on any atom is 0.325 e. The van der Waals surface area contributed by atoms with Crippen molar-refractivity contribution in [2.45, 2.75) is 6.04 Å².